The van der Waals surface area contributed by atoms with Crippen LogP contribution in [0.4, 0.5) is 5.69 Å². The predicted molar refractivity (Wildman–Crippen MR) is 125 cm³/mol. The second-order valence-corrected chi connectivity index (χ2v) is 7.56. The van der Waals surface area contributed by atoms with Crippen LogP contribution in [0.1, 0.15) is 43.8 Å². The van der Waals surface area contributed by atoms with Gasteiger partial charge in [-0.1, -0.05) is 54.1 Å². The van der Waals surface area contributed by atoms with Gasteiger partial charge in [0.15, 0.2) is 12.4 Å². The normalized spacial score (nSPS) is 10.2. The zero-order valence-corrected chi connectivity index (χ0v) is 18.6. The predicted octanol–water partition coefficient (Wildman–Crippen LogP) is 4.64. The van der Waals surface area contributed by atoms with E-state index in [2.05, 4.69) is 0 Å². The van der Waals surface area contributed by atoms with E-state index in [0.29, 0.717) is 11.3 Å². The minimum Gasteiger partial charge on any atom is -0.452 e. The first-order valence-corrected chi connectivity index (χ1v) is 10.5. The van der Waals surface area contributed by atoms with E-state index in [-0.39, 0.29) is 29.9 Å². The Morgan fingerprint density at radius 3 is 2.24 bits per heavy atom. The molecule has 0 spiro atoms. The lowest BCUT2D eigenvalue weighted by atomic mass is 9.94. The van der Waals surface area contributed by atoms with Gasteiger partial charge in [-0.05, 0) is 43.7 Å². The summed E-state index contributed by atoms with van der Waals surface area (Å²) in [6.45, 7) is 3.41. The fourth-order valence-electron chi connectivity index (χ4n) is 3.44. The molecule has 0 unspecified atom stereocenters. The van der Waals surface area contributed by atoms with Crippen molar-refractivity contribution in [1.29, 1.82) is 5.26 Å². The highest BCUT2D eigenvalue weighted by atomic mass is 16.5. The van der Waals surface area contributed by atoms with Gasteiger partial charge in [0, 0.05) is 23.4 Å². The summed E-state index contributed by atoms with van der Waals surface area (Å²) in [5.41, 5.74) is 3.18. The zero-order valence-electron chi connectivity index (χ0n) is 18.6. The zero-order chi connectivity index (χ0) is 23.8. The second kappa shape index (κ2) is 10.9. The van der Waals surface area contributed by atoms with E-state index in [1.807, 2.05) is 38.1 Å². The highest BCUT2D eigenvalue weighted by molar-refractivity contribution is 6.15. The van der Waals surface area contributed by atoms with E-state index in [4.69, 9.17) is 10.00 Å². The molecule has 1 amide bonds. The molecule has 0 fully saturated rings. The van der Waals surface area contributed by atoms with Crippen molar-refractivity contribution in [2.24, 2.45) is 0 Å². The van der Waals surface area contributed by atoms with Gasteiger partial charge in [0.1, 0.15) is 0 Å². The van der Waals surface area contributed by atoms with Gasteiger partial charge in [-0.15, -0.1) is 0 Å². The Labute approximate surface area is 193 Å². The Hall–Kier alpha value is -4.24. The lowest BCUT2D eigenvalue weighted by Crippen LogP contribution is -2.35. The van der Waals surface area contributed by atoms with Crippen LogP contribution in [0.5, 0.6) is 0 Å². The van der Waals surface area contributed by atoms with Gasteiger partial charge in [0.2, 0.25) is 0 Å². The fraction of sp³-hybridized carbons (Fsp3) is 0.185. The van der Waals surface area contributed by atoms with Crippen LogP contribution in [0.2, 0.25) is 0 Å². The molecule has 6 heteroatoms. The molecule has 0 N–H and O–H groups in total. The molecule has 0 atom stereocenters. The number of para-hydroxylation sites is 1. The van der Waals surface area contributed by atoms with E-state index in [1.54, 1.807) is 48.5 Å². The Kier molecular flexibility index (Phi) is 7.72. The Morgan fingerprint density at radius 2 is 1.55 bits per heavy atom. The van der Waals surface area contributed by atoms with E-state index >= 15 is 0 Å². The van der Waals surface area contributed by atoms with Crippen molar-refractivity contribution in [1.82, 2.24) is 0 Å². The number of hydrogen-bond donors (Lipinski definition) is 0. The maximum absolute atomic E-state index is 13.2. The molecule has 6 nitrogen and oxygen atoms in total. The monoisotopic (exact) mass is 440 g/mol. The van der Waals surface area contributed by atoms with Crippen molar-refractivity contribution in [3.63, 3.8) is 0 Å². The quantitative estimate of drug-likeness (QED) is 0.376. The van der Waals surface area contributed by atoms with Crippen LogP contribution in [-0.4, -0.2) is 30.8 Å². The van der Waals surface area contributed by atoms with E-state index in [0.717, 1.165) is 11.1 Å². The molecule has 0 saturated heterocycles. The first-order valence-electron chi connectivity index (χ1n) is 10.5. The molecule has 0 aromatic heterocycles. The third kappa shape index (κ3) is 5.72. The SMILES string of the molecule is Cc1ccc(C)c(C(=O)c2ccccc2C(=O)OCC(=O)N(CCC#N)c2ccccc2)c1. The van der Waals surface area contributed by atoms with E-state index in [1.165, 1.54) is 11.0 Å². The number of ether oxygens (including phenoxy) is 1. The molecule has 166 valence electrons. The molecule has 3 aromatic carbocycles. The van der Waals surface area contributed by atoms with E-state index in [9.17, 15) is 14.4 Å². The van der Waals surface area contributed by atoms with Crippen LogP contribution in [0.3, 0.4) is 0 Å². The minimum atomic E-state index is -0.758. The number of esters is 1. The van der Waals surface area contributed by atoms with Crippen LogP contribution in [0, 0.1) is 25.2 Å². The summed E-state index contributed by atoms with van der Waals surface area (Å²) in [5, 5.41) is 8.92. The summed E-state index contributed by atoms with van der Waals surface area (Å²) in [6, 6.07) is 22.9. The van der Waals surface area contributed by atoms with Crippen molar-refractivity contribution in [3.05, 3.63) is 101 Å². The van der Waals surface area contributed by atoms with Crippen LogP contribution >= 0.6 is 0 Å². The number of rotatable bonds is 8. The van der Waals surface area contributed by atoms with Crippen molar-refractivity contribution in [3.8, 4) is 6.07 Å². The number of anilines is 1. The second-order valence-electron chi connectivity index (χ2n) is 7.56. The molecule has 0 radical (unpaired) electrons. The number of benzene rings is 3. The maximum atomic E-state index is 13.2. The van der Waals surface area contributed by atoms with Gasteiger partial charge in [0.25, 0.3) is 5.91 Å². The Bertz CT molecular complexity index is 1210. The molecule has 3 rings (SSSR count). The summed E-state index contributed by atoms with van der Waals surface area (Å²) in [4.78, 5) is 40.2. The summed E-state index contributed by atoms with van der Waals surface area (Å²) in [6.07, 6.45) is 0.141. The third-order valence-corrected chi connectivity index (χ3v) is 5.17. The fourth-order valence-corrected chi connectivity index (χ4v) is 3.44. The molecular weight excluding hydrogens is 416 g/mol. The Balaban J connectivity index is 1.78. The van der Waals surface area contributed by atoms with E-state index < -0.39 is 18.5 Å². The van der Waals surface area contributed by atoms with Crippen molar-refractivity contribution >= 4 is 23.3 Å². The lowest BCUT2D eigenvalue weighted by molar-refractivity contribution is -0.121. The molecule has 0 aliphatic heterocycles. The molecule has 0 aliphatic carbocycles. The van der Waals surface area contributed by atoms with Crippen LogP contribution < -0.4 is 4.90 Å². The minimum absolute atomic E-state index is 0.0968. The van der Waals surface area contributed by atoms with Crippen molar-refractivity contribution < 1.29 is 19.1 Å². The maximum Gasteiger partial charge on any atom is 0.339 e. The smallest absolute Gasteiger partial charge is 0.339 e. The number of carbonyl (C=O) groups excluding carboxylic acids is 3. The molecule has 0 heterocycles. The summed E-state index contributed by atoms with van der Waals surface area (Å²) >= 11 is 0. The van der Waals surface area contributed by atoms with Gasteiger partial charge in [-0.25, -0.2) is 4.79 Å². The first kappa shape index (κ1) is 23.4. The van der Waals surface area contributed by atoms with Gasteiger partial charge in [0.05, 0.1) is 18.1 Å². The summed E-state index contributed by atoms with van der Waals surface area (Å²) < 4.78 is 5.29. The largest absolute Gasteiger partial charge is 0.452 e. The molecule has 0 saturated carbocycles. The molecule has 0 aliphatic rings. The number of ketones is 1. The van der Waals surface area contributed by atoms with Crippen LogP contribution in [0.15, 0.2) is 72.8 Å². The standard InChI is InChI=1S/C27H24N2O4/c1-19-13-14-20(2)24(17-19)26(31)22-11-6-7-12-23(22)27(32)33-18-25(30)29(16-8-15-28)21-9-4-3-5-10-21/h3-7,9-14,17H,8,16,18H2,1-2H3. The number of hydrogen-bond acceptors (Lipinski definition) is 5. The number of nitrogens with zero attached hydrogens (tertiary/aromatic N) is 2. The lowest BCUT2D eigenvalue weighted by Gasteiger charge is -2.21. The summed E-state index contributed by atoms with van der Waals surface area (Å²) in [5.74, 6) is -1.50. The van der Waals surface area contributed by atoms with Gasteiger partial charge in [-0.3, -0.25) is 9.59 Å². The molecule has 3 aromatic rings. The average Bonchev–Trinajstić information content (AvgIpc) is 2.84. The van der Waals surface area contributed by atoms with Gasteiger partial charge in [-0.2, -0.15) is 5.26 Å². The topological polar surface area (TPSA) is 87.5 Å². The van der Waals surface area contributed by atoms with Gasteiger partial charge >= 0.3 is 5.97 Å². The molecule has 0 bridgehead atoms. The highest BCUT2D eigenvalue weighted by Gasteiger charge is 2.22. The third-order valence-electron chi connectivity index (χ3n) is 5.17. The number of amides is 1. The number of nitriles is 1. The average molecular weight is 440 g/mol. The molecular formula is C27H24N2O4. The first-order chi connectivity index (χ1) is 15.9. The van der Waals surface area contributed by atoms with Crippen molar-refractivity contribution in [2.45, 2.75) is 20.3 Å². The number of aryl methyl sites for hydroxylation is 2. The van der Waals surface area contributed by atoms with Crippen LogP contribution in [0.25, 0.3) is 0 Å². The Morgan fingerprint density at radius 1 is 0.879 bits per heavy atom. The van der Waals surface area contributed by atoms with Crippen LogP contribution in [-0.2, 0) is 9.53 Å². The highest BCUT2D eigenvalue weighted by Crippen LogP contribution is 2.20. The number of carbonyl (C=O) groups is 3. The molecule has 33 heavy (non-hydrogen) atoms. The summed E-state index contributed by atoms with van der Waals surface area (Å²) in [7, 11) is 0. The van der Waals surface area contributed by atoms with Crippen molar-refractivity contribution in [2.75, 3.05) is 18.1 Å². The van der Waals surface area contributed by atoms with Gasteiger partial charge < -0.3 is 9.64 Å².